The fourth-order valence-electron chi connectivity index (χ4n) is 1.82. The number of pyridine rings is 1. The van der Waals surface area contributed by atoms with Crippen LogP contribution in [0.25, 0.3) is 16.9 Å². The molecule has 0 unspecified atom stereocenters. The average molecular weight is 269 g/mol. The summed E-state index contributed by atoms with van der Waals surface area (Å²) in [4.78, 5) is 15.3. The molecule has 0 aliphatic carbocycles. The van der Waals surface area contributed by atoms with E-state index in [1.807, 2.05) is 24.3 Å². The number of benzene rings is 1. The molecule has 100 valence electrons. The first-order valence-electron chi connectivity index (χ1n) is 5.95. The van der Waals surface area contributed by atoms with E-state index in [1.54, 1.807) is 16.8 Å². The summed E-state index contributed by atoms with van der Waals surface area (Å²) in [5.74, 6) is 0.117. The summed E-state index contributed by atoms with van der Waals surface area (Å²) in [6.45, 7) is -0.560. The van der Waals surface area contributed by atoms with Crippen LogP contribution in [0.3, 0.4) is 0 Å². The Morgan fingerprint density at radius 3 is 2.85 bits per heavy atom. The highest BCUT2D eigenvalue weighted by Gasteiger charge is 2.07. The van der Waals surface area contributed by atoms with Crippen molar-refractivity contribution in [1.29, 1.82) is 0 Å². The molecule has 0 aliphatic heterocycles. The zero-order valence-electron chi connectivity index (χ0n) is 10.4. The fraction of sp³-hybridized carbons (Fsp3) is 0.0769. The number of amides is 1. The molecule has 0 atom stereocenters. The Balaban J connectivity index is 1.93. The first-order chi connectivity index (χ1) is 9.78. The van der Waals surface area contributed by atoms with Crippen LogP contribution >= 0.6 is 0 Å². The Morgan fingerprint density at radius 2 is 2.10 bits per heavy atom. The van der Waals surface area contributed by atoms with Gasteiger partial charge < -0.3 is 10.4 Å². The molecule has 2 aromatic heterocycles. The van der Waals surface area contributed by atoms with Crippen molar-refractivity contribution in [1.82, 2.24) is 20.0 Å². The number of aliphatic hydroxyl groups excluding tert-OH is 1. The second-order valence-electron chi connectivity index (χ2n) is 4.10. The zero-order valence-corrected chi connectivity index (χ0v) is 10.4. The van der Waals surface area contributed by atoms with Crippen LogP contribution in [-0.4, -0.2) is 37.6 Å². The van der Waals surface area contributed by atoms with Crippen LogP contribution in [0.4, 0.5) is 5.69 Å². The van der Waals surface area contributed by atoms with Gasteiger partial charge in [-0.1, -0.05) is 17.3 Å². The van der Waals surface area contributed by atoms with Crippen molar-refractivity contribution in [3.8, 4) is 5.82 Å². The number of aromatic nitrogens is 4. The Morgan fingerprint density at radius 1 is 1.25 bits per heavy atom. The molecule has 3 rings (SSSR count). The molecule has 7 nitrogen and oxygen atoms in total. The lowest BCUT2D eigenvalue weighted by molar-refractivity contribution is -0.118. The summed E-state index contributed by atoms with van der Waals surface area (Å²) in [5, 5.41) is 19.3. The van der Waals surface area contributed by atoms with Gasteiger partial charge in [0, 0.05) is 0 Å². The van der Waals surface area contributed by atoms with E-state index in [2.05, 4.69) is 20.6 Å². The van der Waals surface area contributed by atoms with Crippen molar-refractivity contribution in [3.05, 3.63) is 42.6 Å². The predicted octanol–water partition coefficient (Wildman–Crippen LogP) is 0.746. The highest BCUT2D eigenvalue weighted by Crippen LogP contribution is 2.15. The number of anilines is 1. The summed E-state index contributed by atoms with van der Waals surface area (Å²) in [6, 6.07) is 11.0. The summed E-state index contributed by atoms with van der Waals surface area (Å²) in [5.41, 5.74) is 2.15. The molecule has 3 aromatic rings. The van der Waals surface area contributed by atoms with Crippen LogP contribution in [0.2, 0.25) is 0 Å². The van der Waals surface area contributed by atoms with Crippen molar-refractivity contribution in [3.63, 3.8) is 0 Å². The lowest BCUT2D eigenvalue weighted by atomic mass is 10.3. The topological polar surface area (TPSA) is 92.9 Å². The number of nitrogens with zero attached hydrogens (tertiary/aromatic N) is 4. The molecule has 1 amide bonds. The fourth-order valence-corrected chi connectivity index (χ4v) is 1.82. The van der Waals surface area contributed by atoms with Gasteiger partial charge >= 0.3 is 0 Å². The van der Waals surface area contributed by atoms with Crippen LogP contribution in [0, 0.1) is 0 Å². The number of fused-ring (bicyclic) bond motifs is 1. The van der Waals surface area contributed by atoms with Gasteiger partial charge in [0.1, 0.15) is 12.1 Å². The van der Waals surface area contributed by atoms with Gasteiger partial charge in [-0.25, -0.2) is 4.98 Å². The van der Waals surface area contributed by atoms with E-state index >= 15 is 0 Å². The van der Waals surface area contributed by atoms with Gasteiger partial charge in [0.15, 0.2) is 5.82 Å². The standard InChI is InChI=1S/C13H11N5O2/c19-8-13(20)15-9-5-6-12(14-7-9)18-11-4-2-1-3-10(11)16-17-18/h1-7,19H,8H2,(H,15,20). The highest BCUT2D eigenvalue weighted by molar-refractivity contribution is 5.91. The molecule has 2 heterocycles. The highest BCUT2D eigenvalue weighted by atomic mass is 16.3. The predicted molar refractivity (Wildman–Crippen MR) is 72.4 cm³/mol. The van der Waals surface area contributed by atoms with Crippen LogP contribution in [0.5, 0.6) is 0 Å². The van der Waals surface area contributed by atoms with Crippen molar-refractivity contribution in [2.24, 2.45) is 0 Å². The number of carbonyl (C=O) groups excluding carboxylic acids is 1. The number of para-hydroxylation sites is 1. The molecule has 0 spiro atoms. The van der Waals surface area contributed by atoms with E-state index in [-0.39, 0.29) is 0 Å². The third-order valence-electron chi connectivity index (χ3n) is 2.74. The number of carbonyl (C=O) groups is 1. The van der Waals surface area contributed by atoms with Gasteiger partial charge in [-0.2, -0.15) is 4.68 Å². The molecule has 0 saturated heterocycles. The summed E-state index contributed by atoms with van der Waals surface area (Å²) in [6.07, 6.45) is 1.50. The van der Waals surface area contributed by atoms with E-state index in [1.165, 1.54) is 6.20 Å². The van der Waals surface area contributed by atoms with Crippen LogP contribution in [0.1, 0.15) is 0 Å². The Kier molecular flexibility index (Phi) is 3.10. The number of hydrogen-bond acceptors (Lipinski definition) is 5. The molecule has 2 N–H and O–H groups in total. The third kappa shape index (κ3) is 2.21. The molecular formula is C13H11N5O2. The minimum atomic E-state index is -0.560. The number of hydrogen-bond donors (Lipinski definition) is 2. The average Bonchev–Trinajstić information content (AvgIpc) is 2.92. The monoisotopic (exact) mass is 269 g/mol. The van der Waals surface area contributed by atoms with Gasteiger partial charge in [0.25, 0.3) is 0 Å². The first-order valence-corrected chi connectivity index (χ1v) is 5.95. The smallest absolute Gasteiger partial charge is 0.250 e. The lowest BCUT2D eigenvalue weighted by Gasteiger charge is -2.04. The molecule has 20 heavy (non-hydrogen) atoms. The Hall–Kier alpha value is -2.80. The van der Waals surface area contributed by atoms with E-state index in [0.29, 0.717) is 11.5 Å². The van der Waals surface area contributed by atoms with Crippen LogP contribution in [0.15, 0.2) is 42.6 Å². The number of rotatable bonds is 3. The minimum absolute atomic E-state index is 0.481. The molecule has 0 radical (unpaired) electrons. The van der Waals surface area contributed by atoms with Crippen molar-refractivity contribution >= 4 is 22.6 Å². The van der Waals surface area contributed by atoms with Gasteiger partial charge in [-0.05, 0) is 24.3 Å². The van der Waals surface area contributed by atoms with E-state index in [4.69, 9.17) is 5.11 Å². The second kappa shape index (κ2) is 5.06. The quantitative estimate of drug-likeness (QED) is 0.731. The van der Waals surface area contributed by atoms with E-state index in [9.17, 15) is 4.79 Å². The maximum absolute atomic E-state index is 11.1. The van der Waals surface area contributed by atoms with Gasteiger partial charge in [0.05, 0.1) is 17.4 Å². The minimum Gasteiger partial charge on any atom is -0.387 e. The first kappa shape index (κ1) is 12.2. The maximum atomic E-state index is 11.1. The van der Waals surface area contributed by atoms with E-state index < -0.39 is 12.5 Å². The number of aliphatic hydroxyl groups is 1. The molecule has 0 saturated carbocycles. The van der Waals surface area contributed by atoms with Crippen molar-refractivity contribution in [2.75, 3.05) is 11.9 Å². The normalized spacial score (nSPS) is 10.7. The molecule has 7 heteroatoms. The second-order valence-corrected chi connectivity index (χ2v) is 4.10. The molecule has 1 aromatic carbocycles. The lowest BCUT2D eigenvalue weighted by Crippen LogP contribution is -2.15. The zero-order chi connectivity index (χ0) is 13.9. The Bertz CT molecular complexity index is 751. The largest absolute Gasteiger partial charge is 0.387 e. The Labute approximate surface area is 113 Å². The van der Waals surface area contributed by atoms with Crippen LogP contribution in [-0.2, 0) is 4.79 Å². The van der Waals surface area contributed by atoms with Gasteiger partial charge in [-0.3, -0.25) is 4.79 Å². The van der Waals surface area contributed by atoms with E-state index in [0.717, 1.165) is 11.0 Å². The molecular weight excluding hydrogens is 258 g/mol. The summed E-state index contributed by atoms with van der Waals surface area (Å²) < 4.78 is 1.62. The van der Waals surface area contributed by atoms with Gasteiger partial charge in [0.2, 0.25) is 5.91 Å². The maximum Gasteiger partial charge on any atom is 0.250 e. The molecule has 0 aliphatic rings. The van der Waals surface area contributed by atoms with Crippen molar-refractivity contribution in [2.45, 2.75) is 0 Å². The van der Waals surface area contributed by atoms with Crippen molar-refractivity contribution < 1.29 is 9.90 Å². The van der Waals surface area contributed by atoms with Gasteiger partial charge in [-0.15, -0.1) is 5.10 Å². The summed E-state index contributed by atoms with van der Waals surface area (Å²) >= 11 is 0. The van der Waals surface area contributed by atoms with Crippen LogP contribution < -0.4 is 5.32 Å². The molecule has 0 bridgehead atoms. The summed E-state index contributed by atoms with van der Waals surface area (Å²) in [7, 11) is 0. The SMILES string of the molecule is O=C(CO)Nc1ccc(-n2nnc3ccccc32)nc1. The number of nitrogens with one attached hydrogen (secondary N) is 1. The molecule has 0 fully saturated rings. The third-order valence-corrected chi connectivity index (χ3v) is 2.74.